The third-order valence-electron chi connectivity index (χ3n) is 6.46. The first-order valence-corrected chi connectivity index (χ1v) is 10.9. The van der Waals surface area contributed by atoms with Crippen molar-refractivity contribution in [1.29, 1.82) is 0 Å². The van der Waals surface area contributed by atoms with Gasteiger partial charge in [0.25, 0.3) is 0 Å². The fourth-order valence-corrected chi connectivity index (χ4v) is 4.64. The molecule has 5 heteroatoms. The van der Waals surface area contributed by atoms with Gasteiger partial charge in [0.2, 0.25) is 0 Å². The molecule has 154 valence electrons. The lowest BCUT2D eigenvalue weighted by atomic mass is 9.84. The van der Waals surface area contributed by atoms with Crippen molar-refractivity contribution < 1.29 is 9.59 Å². The van der Waals surface area contributed by atoms with E-state index in [2.05, 4.69) is 22.3 Å². The van der Waals surface area contributed by atoms with E-state index in [9.17, 15) is 9.59 Å². The van der Waals surface area contributed by atoms with E-state index in [4.69, 9.17) is 5.73 Å². The van der Waals surface area contributed by atoms with Crippen LogP contribution in [0.4, 0.5) is 4.79 Å². The maximum atomic E-state index is 12.3. The van der Waals surface area contributed by atoms with Crippen molar-refractivity contribution in [3.8, 4) is 0 Å². The smallest absolute Gasteiger partial charge is 0.312 e. The molecule has 5 nitrogen and oxygen atoms in total. The van der Waals surface area contributed by atoms with E-state index >= 15 is 0 Å². The number of ketones is 1. The number of amides is 2. The molecule has 2 aliphatic rings. The molecule has 0 aromatic heterocycles. The number of hydrogen-bond acceptors (Lipinski definition) is 3. The van der Waals surface area contributed by atoms with E-state index in [1.807, 2.05) is 19.9 Å². The molecule has 28 heavy (non-hydrogen) atoms. The number of fused-ring (bicyclic) bond motifs is 1. The maximum absolute atomic E-state index is 12.3. The van der Waals surface area contributed by atoms with Gasteiger partial charge in [-0.15, -0.1) is 0 Å². The van der Waals surface area contributed by atoms with Crippen LogP contribution in [0, 0.1) is 11.8 Å². The Morgan fingerprint density at radius 2 is 1.79 bits per heavy atom. The fourth-order valence-electron chi connectivity index (χ4n) is 4.64. The second-order valence-electron chi connectivity index (χ2n) is 8.86. The summed E-state index contributed by atoms with van der Waals surface area (Å²) in [7, 11) is 0. The maximum Gasteiger partial charge on any atom is 0.312 e. The number of nitrogens with zero attached hydrogens (tertiary/aromatic N) is 1. The number of carbonyl (C=O) groups excluding carboxylic acids is 2. The number of benzene rings is 1. The highest BCUT2D eigenvalue weighted by Crippen LogP contribution is 2.27. The number of hydrogen-bond donors (Lipinski definition) is 2. The molecule has 1 aromatic rings. The van der Waals surface area contributed by atoms with Gasteiger partial charge in [0.15, 0.2) is 5.78 Å². The van der Waals surface area contributed by atoms with Crippen molar-refractivity contribution in [2.24, 2.45) is 17.6 Å². The molecule has 2 amide bonds. The largest absolute Gasteiger partial charge is 0.352 e. The number of urea groups is 1. The second-order valence-corrected chi connectivity index (χ2v) is 8.86. The number of Topliss-reactive ketones (excluding diaryl/α,β-unsaturated/α-hetero) is 1. The summed E-state index contributed by atoms with van der Waals surface area (Å²) in [6, 6.07) is 6.18. The van der Waals surface area contributed by atoms with Gasteiger partial charge in [-0.2, -0.15) is 0 Å². The molecular formula is C23H35N3O2. The van der Waals surface area contributed by atoms with E-state index in [0.717, 1.165) is 56.8 Å². The van der Waals surface area contributed by atoms with Crippen LogP contribution in [0.2, 0.25) is 0 Å². The van der Waals surface area contributed by atoms with E-state index < -0.39 is 6.03 Å². The lowest BCUT2D eigenvalue weighted by Crippen LogP contribution is -2.41. The van der Waals surface area contributed by atoms with Gasteiger partial charge >= 0.3 is 6.03 Å². The quantitative estimate of drug-likeness (QED) is 0.736. The van der Waals surface area contributed by atoms with Gasteiger partial charge in [-0.3, -0.25) is 4.79 Å². The first kappa shape index (κ1) is 20.8. The van der Waals surface area contributed by atoms with Crippen LogP contribution in [0.3, 0.4) is 0 Å². The standard InChI is InChI=1S/C23H35N3O2/c1-16(2)22(27)20-6-5-18-10-13-26(14-11-19(18)15-20)12-9-17-3-7-21(8-4-17)25-23(24)28/h5-6,15-17,21H,3-4,7-14H2,1-2H3,(H3,24,25,28). The summed E-state index contributed by atoms with van der Waals surface area (Å²) in [4.78, 5) is 25.9. The molecule has 0 saturated heterocycles. The Morgan fingerprint density at radius 1 is 1.11 bits per heavy atom. The van der Waals surface area contributed by atoms with Crippen LogP contribution in [0.5, 0.6) is 0 Å². The SMILES string of the molecule is CC(C)C(=O)c1ccc2c(c1)CCN(CCC1CCC(NC(N)=O)CC1)CC2. The predicted octanol–water partition coefficient (Wildman–Crippen LogP) is 3.54. The summed E-state index contributed by atoms with van der Waals surface area (Å²) in [5.74, 6) is 1.05. The fraction of sp³-hybridized carbons (Fsp3) is 0.652. The lowest BCUT2D eigenvalue weighted by molar-refractivity contribution is 0.0939. The number of primary amides is 1. The van der Waals surface area contributed by atoms with E-state index in [1.165, 1.54) is 30.4 Å². The monoisotopic (exact) mass is 385 g/mol. The molecule has 1 heterocycles. The van der Waals surface area contributed by atoms with Crippen molar-refractivity contribution >= 4 is 11.8 Å². The van der Waals surface area contributed by atoms with Crippen molar-refractivity contribution in [3.63, 3.8) is 0 Å². The molecule has 1 aliphatic heterocycles. The molecule has 1 aliphatic carbocycles. The number of rotatable bonds is 6. The van der Waals surface area contributed by atoms with Crippen molar-refractivity contribution in [2.75, 3.05) is 19.6 Å². The van der Waals surface area contributed by atoms with Crippen LogP contribution < -0.4 is 11.1 Å². The van der Waals surface area contributed by atoms with Crippen LogP contribution >= 0.6 is 0 Å². The van der Waals surface area contributed by atoms with Crippen molar-refractivity contribution in [3.05, 3.63) is 34.9 Å². The summed E-state index contributed by atoms with van der Waals surface area (Å²) in [5, 5.41) is 2.85. The first-order valence-electron chi connectivity index (χ1n) is 10.9. The summed E-state index contributed by atoms with van der Waals surface area (Å²) < 4.78 is 0. The summed E-state index contributed by atoms with van der Waals surface area (Å²) in [5.41, 5.74) is 8.85. The minimum atomic E-state index is -0.397. The van der Waals surface area contributed by atoms with Crippen LogP contribution in [0.25, 0.3) is 0 Å². The molecule has 0 radical (unpaired) electrons. The Labute approximate surface area is 169 Å². The molecule has 1 fully saturated rings. The van der Waals surface area contributed by atoms with Gasteiger partial charge < -0.3 is 16.0 Å². The highest BCUT2D eigenvalue weighted by Gasteiger charge is 2.23. The van der Waals surface area contributed by atoms with Crippen LogP contribution in [-0.2, 0) is 12.8 Å². The Bertz CT molecular complexity index is 693. The molecule has 0 spiro atoms. The molecular weight excluding hydrogens is 350 g/mol. The van der Waals surface area contributed by atoms with Gasteiger partial charge in [-0.05, 0) is 74.6 Å². The average Bonchev–Trinajstić information content (AvgIpc) is 2.88. The lowest BCUT2D eigenvalue weighted by Gasteiger charge is -2.30. The predicted molar refractivity (Wildman–Crippen MR) is 113 cm³/mol. The van der Waals surface area contributed by atoms with Crippen molar-refractivity contribution in [2.45, 2.75) is 64.8 Å². The van der Waals surface area contributed by atoms with Crippen LogP contribution in [0.15, 0.2) is 18.2 Å². The van der Waals surface area contributed by atoms with E-state index in [-0.39, 0.29) is 17.7 Å². The Balaban J connectivity index is 1.47. The molecule has 0 unspecified atom stereocenters. The zero-order valence-corrected chi connectivity index (χ0v) is 17.4. The second kappa shape index (κ2) is 9.55. The minimum absolute atomic E-state index is 0.0496. The molecule has 1 aromatic carbocycles. The molecule has 1 saturated carbocycles. The molecule has 3 N–H and O–H groups in total. The van der Waals surface area contributed by atoms with Gasteiger partial charge in [-0.1, -0.05) is 26.0 Å². The Morgan fingerprint density at radius 3 is 2.43 bits per heavy atom. The van der Waals surface area contributed by atoms with Gasteiger partial charge in [-0.25, -0.2) is 4.79 Å². The minimum Gasteiger partial charge on any atom is -0.352 e. The number of carbonyl (C=O) groups is 2. The van der Waals surface area contributed by atoms with Gasteiger partial charge in [0.05, 0.1) is 0 Å². The molecule has 0 atom stereocenters. The number of nitrogens with two attached hydrogens (primary N) is 1. The van der Waals surface area contributed by atoms with Crippen molar-refractivity contribution in [1.82, 2.24) is 10.2 Å². The number of nitrogens with one attached hydrogen (secondary N) is 1. The van der Waals surface area contributed by atoms with Gasteiger partial charge in [0, 0.05) is 30.6 Å². The average molecular weight is 386 g/mol. The first-order chi connectivity index (χ1) is 13.4. The third-order valence-corrected chi connectivity index (χ3v) is 6.46. The highest BCUT2D eigenvalue weighted by molar-refractivity contribution is 5.97. The third kappa shape index (κ3) is 5.57. The van der Waals surface area contributed by atoms with Crippen LogP contribution in [0.1, 0.15) is 67.4 Å². The Kier molecular flexibility index (Phi) is 7.11. The zero-order chi connectivity index (χ0) is 20.1. The zero-order valence-electron chi connectivity index (χ0n) is 17.4. The molecule has 0 bridgehead atoms. The highest BCUT2D eigenvalue weighted by atomic mass is 16.2. The van der Waals surface area contributed by atoms with E-state index in [1.54, 1.807) is 0 Å². The summed E-state index contributed by atoms with van der Waals surface area (Å²) in [6.07, 6.45) is 7.79. The Hall–Kier alpha value is -1.88. The summed E-state index contributed by atoms with van der Waals surface area (Å²) >= 11 is 0. The summed E-state index contributed by atoms with van der Waals surface area (Å²) in [6.45, 7) is 7.25. The topological polar surface area (TPSA) is 75.4 Å². The van der Waals surface area contributed by atoms with Gasteiger partial charge in [0.1, 0.15) is 0 Å². The molecule has 3 rings (SSSR count). The normalized spacial score (nSPS) is 23.1. The van der Waals surface area contributed by atoms with Crippen LogP contribution in [-0.4, -0.2) is 42.4 Å². The van der Waals surface area contributed by atoms with E-state index in [0.29, 0.717) is 0 Å².